The zero-order valence-corrected chi connectivity index (χ0v) is 20.9. The molecule has 2 heterocycles. The van der Waals surface area contributed by atoms with Crippen molar-refractivity contribution >= 4 is 16.9 Å². The van der Waals surface area contributed by atoms with Crippen molar-refractivity contribution in [3.05, 3.63) is 144 Å². The van der Waals surface area contributed by atoms with Crippen LogP contribution in [-0.4, -0.2) is 34.6 Å². The first-order chi connectivity index (χ1) is 18.7. The van der Waals surface area contributed by atoms with Crippen LogP contribution in [0.2, 0.25) is 0 Å². The summed E-state index contributed by atoms with van der Waals surface area (Å²) in [6, 6.07) is 39.9. The SMILES string of the molecule is [2H]c1c(C(=O)OCC)c2ccccc2n1C[C@H]1CN1C(c1ccccc1)(c1ccccc1)c1ccccc1. The number of esters is 1. The van der Waals surface area contributed by atoms with E-state index < -0.39 is 11.5 Å². The topological polar surface area (TPSA) is 34.2 Å². The molecule has 1 aliphatic heterocycles. The van der Waals surface area contributed by atoms with Gasteiger partial charge in [0.1, 0.15) is 0 Å². The molecule has 5 aromatic rings. The smallest absolute Gasteiger partial charge is 0.340 e. The molecule has 4 heteroatoms. The number of para-hydroxylation sites is 1. The van der Waals surface area contributed by atoms with Gasteiger partial charge >= 0.3 is 5.97 Å². The van der Waals surface area contributed by atoms with Crippen molar-refractivity contribution in [1.29, 1.82) is 0 Å². The zero-order chi connectivity index (χ0) is 26.1. The van der Waals surface area contributed by atoms with Gasteiger partial charge in [-0.2, -0.15) is 0 Å². The van der Waals surface area contributed by atoms with Gasteiger partial charge in [0.2, 0.25) is 0 Å². The Morgan fingerprint density at radius 2 is 1.35 bits per heavy atom. The van der Waals surface area contributed by atoms with Gasteiger partial charge in [0.05, 0.1) is 19.1 Å². The predicted molar refractivity (Wildman–Crippen MR) is 148 cm³/mol. The molecule has 1 aliphatic rings. The molecule has 0 radical (unpaired) electrons. The molecular formula is C33H30N2O2. The summed E-state index contributed by atoms with van der Waals surface area (Å²) in [5, 5.41) is 0.767. The first kappa shape index (κ1) is 22.1. The molecule has 0 saturated carbocycles. The van der Waals surface area contributed by atoms with Crippen molar-refractivity contribution in [1.82, 2.24) is 9.47 Å². The van der Waals surface area contributed by atoms with Gasteiger partial charge in [-0.05, 0) is 29.7 Å². The Labute approximate surface area is 219 Å². The van der Waals surface area contributed by atoms with Crippen molar-refractivity contribution in [2.24, 2.45) is 0 Å². The fraction of sp³-hybridized carbons (Fsp3) is 0.182. The van der Waals surface area contributed by atoms with Gasteiger partial charge in [0.15, 0.2) is 0 Å². The molecule has 1 aromatic heterocycles. The summed E-state index contributed by atoms with van der Waals surface area (Å²) >= 11 is 0. The number of rotatable bonds is 8. The summed E-state index contributed by atoms with van der Waals surface area (Å²) in [5.41, 5.74) is 4.36. The number of carbonyl (C=O) groups excluding carboxylic acids is 1. The lowest BCUT2D eigenvalue weighted by Crippen LogP contribution is -2.39. The molecule has 0 bridgehead atoms. The molecule has 0 N–H and O–H groups in total. The van der Waals surface area contributed by atoms with Gasteiger partial charge < -0.3 is 9.30 Å². The highest BCUT2D eigenvalue weighted by atomic mass is 16.5. The first-order valence-electron chi connectivity index (χ1n) is 13.3. The van der Waals surface area contributed by atoms with Crippen LogP contribution in [0.5, 0.6) is 0 Å². The number of hydrogen-bond acceptors (Lipinski definition) is 3. The average Bonchev–Trinajstić information content (AvgIpc) is 3.67. The molecule has 184 valence electrons. The van der Waals surface area contributed by atoms with Gasteiger partial charge in [-0.1, -0.05) is 109 Å². The van der Waals surface area contributed by atoms with Gasteiger partial charge in [0.25, 0.3) is 0 Å². The van der Waals surface area contributed by atoms with Crippen LogP contribution in [0.25, 0.3) is 10.9 Å². The van der Waals surface area contributed by atoms with E-state index in [-0.39, 0.29) is 18.8 Å². The maximum absolute atomic E-state index is 12.8. The third kappa shape index (κ3) is 4.04. The highest BCUT2D eigenvalue weighted by molar-refractivity contribution is 6.04. The Bertz CT molecular complexity index is 1470. The quantitative estimate of drug-likeness (QED) is 0.142. The van der Waals surface area contributed by atoms with E-state index in [0.29, 0.717) is 12.1 Å². The molecule has 4 nitrogen and oxygen atoms in total. The Kier molecular flexibility index (Phi) is 5.80. The van der Waals surface area contributed by atoms with Gasteiger partial charge in [-0.15, -0.1) is 0 Å². The van der Waals surface area contributed by atoms with Gasteiger partial charge in [-0.3, -0.25) is 4.90 Å². The van der Waals surface area contributed by atoms with E-state index in [9.17, 15) is 4.79 Å². The largest absolute Gasteiger partial charge is 0.462 e. The van der Waals surface area contributed by atoms with Crippen LogP contribution >= 0.6 is 0 Å². The summed E-state index contributed by atoms with van der Waals surface area (Å²) < 4.78 is 16.2. The Morgan fingerprint density at radius 1 is 0.838 bits per heavy atom. The maximum atomic E-state index is 12.8. The number of fused-ring (bicyclic) bond motifs is 1. The van der Waals surface area contributed by atoms with E-state index in [1.807, 2.05) is 28.8 Å². The van der Waals surface area contributed by atoms with Crippen LogP contribution in [0.3, 0.4) is 0 Å². The monoisotopic (exact) mass is 487 g/mol. The number of hydrogen-bond donors (Lipinski definition) is 0. The van der Waals surface area contributed by atoms with Crippen LogP contribution in [0.15, 0.2) is 121 Å². The second-order valence-electron chi connectivity index (χ2n) is 9.45. The standard InChI is InChI=1S/C33H30N2O2/c1-2-37-32(36)30-24-34(31-21-13-12-20-29(30)31)22-28-23-35(28)33(25-14-6-3-7-15-25,26-16-8-4-9-17-26)27-18-10-5-11-19-27/h3-21,24,28H,2,22-23H2,1H3/t28-,35?/m0/s1/i24D. The third-order valence-corrected chi connectivity index (χ3v) is 7.30. The van der Waals surface area contributed by atoms with Crippen LogP contribution in [0.4, 0.5) is 0 Å². The van der Waals surface area contributed by atoms with Crippen LogP contribution in [0.1, 0.15) is 35.3 Å². The number of ether oxygens (including phenoxy) is 1. The molecular weight excluding hydrogens is 456 g/mol. The van der Waals surface area contributed by atoms with Crippen molar-refractivity contribution in [2.75, 3.05) is 13.2 Å². The molecule has 0 amide bonds. The van der Waals surface area contributed by atoms with E-state index in [1.54, 1.807) is 6.92 Å². The van der Waals surface area contributed by atoms with Gasteiger partial charge in [0, 0.05) is 36.2 Å². The minimum Gasteiger partial charge on any atom is -0.462 e. The summed E-state index contributed by atoms with van der Waals surface area (Å²) in [4.78, 5) is 15.3. The Morgan fingerprint density at radius 3 is 1.89 bits per heavy atom. The third-order valence-electron chi connectivity index (χ3n) is 7.30. The number of benzene rings is 4. The first-order valence-corrected chi connectivity index (χ1v) is 12.8. The van der Waals surface area contributed by atoms with Crippen molar-refractivity contribution < 1.29 is 10.9 Å². The lowest BCUT2D eigenvalue weighted by atomic mass is 9.76. The summed E-state index contributed by atoms with van der Waals surface area (Å²) in [7, 11) is 0. The lowest BCUT2D eigenvalue weighted by Gasteiger charge is -2.38. The van der Waals surface area contributed by atoms with Crippen molar-refractivity contribution in [2.45, 2.75) is 25.0 Å². The van der Waals surface area contributed by atoms with Gasteiger partial charge in [-0.25, -0.2) is 4.79 Å². The van der Waals surface area contributed by atoms with Crippen LogP contribution < -0.4 is 0 Å². The average molecular weight is 488 g/mol. The minimum atomic E-state index is -0.483. The minimum absolute atomic E-state index is 0.172. The van der Waals surface area contributed by atoms with E-state index in [1.165, 1.54) is 16.7 Å². The van der Waals surface area contributed by atoms with Crippen molar-refractivity contribution in [3.63, 3.8) is 0 Å². The molecule has 6 rings (SSSR count). The molecule has 1 saturated heterocycles. The highest BCUT2D eigenvalue weighted by Gasteiger charge is 2.53. The van der Waals surface area contributed by atoms with E-state index in [0.717, 1.165) is 17.4 Å². The normalized spacial score (nSPS) is 17.4. The summed E-state index contributed by atoms with van der Waals surface area (Å²) in [5.74, 6) is -0.438. The molecule has 1 unspecified atom stereocenters. The number of aromatic nitrogens is 1. The van der Waals surface area contributed by atoms with E-state index in [4.69, 9.17) is 6.11 Å². The van der Waals surface area contributed by atoms with E-state index >= 15 is 0 Å². The second kappa shape index (κ2) is 9.72. The van der Waals surface area contributed by atoms with Crippen molar-refractivity contribution in [3.8, 4) is 0 Å². The fourth-order valence-corrected chi connectivity index (χ4v) is 5.67. The Hall–Kier alpha value is -4.15. The molecule has 0 spiro atoms. The second-order valence-corrected chi connectivity index (χ2v) is 9.45. The molecule has 0 aliphatic carbocycles. The number of nitrogens with zero attached hydrogens (tertiary/aromatic N) is 2. The maximum Gasteiger partial charge on any atom is 0.340 e. The molecule has 4 aromatic carbocycles. The molecule has 2 atom stereocenters. The van der Waals surface area contributed by atoms with Crippen LogP contribution in [-0.2, 0) is 16.8 Å². The summed E-state index contributed by atoms with van der Waals surface area (Å²) in [6.45, 7) is 3.54. The van der Waals surface area contributed by atoms with E-state index in [2.05, 4.69) is 95.9 Å². The van der Waals surface area contributed by atoms with Crippen LogP contribution in [0, 0.1) is 0 Å². The predicted octanol–water partition coefficient (Wildman–Crippen LogP) is 6.49. The molecule has 1 fully saturated rings. The Balaban J connectivity index is 1.47. The fourth-order valence-electron chi connectivity index (χ4n) is 5.67. The zero-order valence-electron chi connectivity index (χ0n) is 21.9. The lowest BCUT2D eigenvalue weighted by molar-refractivity contribution is 0.0528. The summed E-state index contributed by atoms with van der Waals surface area (Å²) in [6.07, 6.45) is 0.209. The highest BCUT2D eigenvalue weighted by Crippen LogP contribution is 2.48. The number of carbonyl (C=O) groups is 1. The molecule has 37 heavy (non-hydrogen) atoms.